The molecule has 1 aliphatic rings. The number of anilines is 1. The molecule has 0 radical (unpaired) electrons. The number of aromatic nitrogens is 1. The summed E-state index contributed by atoms with van der Waals surface area (Å²) in [6, 6.07) is 13.9. The van der Waals surface area contributed by atoms with Crippen LogP contribution in [0.5, 0.6) is 11.5 Å². The van der Waals surface area contributed by atoms with Crippen molar-refractivity contribution in [3.8, 4) is 11.5 Å². The monoisotopic (exact) mass is 377 g/mol. The minimum atomic E-state index is -0.123. The Bertz CT molecular complexity index is 1090. The van der Waals surface area contributed by atoms with Crippen LogP contribution >= 0.6 is 0 Å². The summed E-state index contributed by atoms with van der Waals surface area (Å²) in [6.45, 7) is 1.19. The number of aliphatic imine (C=N–C) groups is 1. The molecule has 0 bridgehead atoms. The highest BCUT2D eigenvalue weighted by Crippen LogP contribution is 2.27. The lowest BCUT2D eigenvalue weighted by atomic mass is 10.1. The number of aromatic hydroxyl groups is 2. The number of rotatable bonds is 5. The van der Waals surface area contributed by atoms with Crippen molar-refractivity contribution >= 4 is 22.4 Å². The van der Waals surface area contributed by atoms with Crippen molar-refractivity contribution in [3.05, 3.63) is 64.3 Å². The third-order valence-electron chi connectivity index (χ3n) is 5.24. The van der Waals surface area contributed by atoms with Crippen molar-refractivity contribution in [3.63, 3.8) is 0 Å². The molecule has 0 saturated heterocycles. The molecule has 6 nitrogen and oxygen atoms in total. The smallest absolute Gasteiger partial charge is 0.191 e. The zero-order valence-corrected chi connectivity index (χ0v) is 15.5. The van der Waals surface area contributed by atoms with Crippen LogP contribution in [0.2, 0.25) is 0 Å². The van der Waals surface area contributed by atoms with Gasteiger partial charge in [-0.3, -0.25) is 9.79 Å². The maximum Gasteiger partial charge on any atom is 0.191 e. The number of nitrogens with one attached hydrogen (secondary N) is 2. The van der Waals surface area contributed by atoms with Crippen LogP contribution in [-0.2, 0) is 6.54 Å². The van der Waals surface area contributed by atoms with E-state index in [1.54, 1.807) is 18.2 Å². The Kier molecular flexibility index (Phi) is 5.02. The maximum absolute atomic E-state index is 12.2. The second-order valence-electron chi connectivity index (χ2n) is 7.19. The number of phenols is 2. The number of aromatic amines is 1. The fraction of sp³-hybridized carbons (Fsp3) is 0.273. The van der Waals surface area contributed by atoms with Gasteiger partial charge in [-0.25, -0.2) is 0 Å². The third kappa shape index (κ3) is 3.86. The maximum atomic E-state index is 12.2. The van der Waals surface area contributed by atoms with Gasteiger partial charge in [-0.05, 0) is 49.1 Å². The Balaban J connectivity index is 1.44. The number of para-hydroxylation sites is 1. The largest absolute Gasteiger partial charge is 0.504 e. The van der Waals surface area contributed by atoms with Crippen molar-refractivity contribution < 1.29 is 10.2 Å². The number of pyridine rings is 1. The minimum Gasteiger partial charge on any atom is -0.504 e. The zero-order chi connectivity index (χ0) is 19.5. The van der Waals surface area contributed by atoms with Crippen molar-refractivity contribution in [2.24, 2.45) is 10.9 Å². The van der Waals surface area contributed by atoms with Gasteiger partial charge >= 0.3 is 0 Å². The van der Waals surface area contributed by atoms with Crippen molar-refractivity contribution in [2.75, 3.05) is 11.9 Å². The molecular weight excluding hydrogens is 354 g/mol. The van der Waals surface area contributed by atoms with Gasteiger partial charge in [0.1, 0.15) is 5.82 Å². The van der Waals surface area contributed by atoms with Gasteiger partial charge in [0.05, 0.1) is 12.1 Å². The highest BCUT2D eigenvalue weighted by Gasteiger charge is 2.22. The molecule has 0 aliphatic heterocycles. The second kappa shape index (κ2) is 7.76. The minimum absolute atomic E-state index is 0.00398. The Morgan fingerprint density at radius 2 is 1.96 bits per heavy atom. The van der Waals surface area contributed by atoms with Crippen LogP contribution in [0.15, 0.2) is 58.3 Å². The normalized spacial score (nSPS) is 18.0. The first-order valence-corrected chi connectivity index (χ1v) is 9.50. The van der Waals surface area contributed by atoms with Gasteiger partial charge in [-0.15, -0.1) is 0 Å². The van der Waals surface area contributed by atoms with Gasteiger partial charge in [0.25, 0.3) is 0 Å². The average molecular weight is 377 g/mol. The van der Waals surface area contributed by atoms with Crippen molar-refractivity contribution in [2.45, 2.75) is 25.8 Å². The number of phenolic OH excluding ortho intramolecular Hbond substituents is 2. The first kappa shape index (κ1) is 18.1. The lowest BCUT2D eigenvalue weighted by molar-refractivity contribution is 0.403. The first-order chi connectivity index (χ1) is 13.6. The molecule has 4 N–H and O–H groups in total. The third-order valence-corrected chi connectivity index (χ3v) is 5.24. The Morgan fingerprint density at radius 3 is 2.82 bits per heavy atom. The predicted octanol–water partition coefficient (Wildman–Crippen LogP) is 3.79. The van der Waals surface area contributed by atoms with E-state index in [0.717, 1.165) is 41.9 Å². The van der Waals surface area contributed by atoms with Gasteiger partial charge in [0, 0.05) is 29.6 Å². The predicted molar refractivity (Wildman–Crippen MR) is 111 cm³/mol. The summed E-state index contributed by atoms with van der Waals surface area (Å²) in [7, 11) is 0. The molecule has 1 aliphatic carbocycles. The van der Waals surface area contributed by atoms with Crippen LogP contribution in [0, 0.1) is 5.92 Å². The van der Waals surface area contributed by atoms with E-state index in [4.69, 9.17) is 4.99 Å². The molecule has 3 aromatic rings. The molecule has 1 heterocycles. The van der Waals surface area contributed by atoms with Gasteiger partial charge in [0.2, 0.25) is 0 Å². The molecule has 6 heteroatoms. The topological polar surface area (TPSA) is 97.7 Å². The number of H-pyrrole nitrogens is 1. The van der Waals surface area contributed by atoms with Crippen LogP contribution in [0.4, 0.5) is 5.82 Å². The number of hydrogen-bond donors (Lipinski definition) is 4. The molecule has 1 fully saturated rings. The molecule has 1 aromatic heterocycles. The highest BCUT2D eigenvalue weighted by atomic mass is 16.3. The SMILES string of the molecule is O=c1cc(NC[C@H]2CCCC2=NCc2ccc(O)c(O)c2)[nH]c2ccccc12. The van der Waals surface area contributed by atoms with E-state index < -0.39 is 0 Å². The molecular formula is C22H23N3O3. The summed E-state index contributed by atoms with van der Waals surface area (Å²) in [5, 5.41) is 23.1. The standard InChI is InChI=1S/C22H23N3O3/c26-19-9-8-14(10-21(19)28)12-23-17-7-3-4-15(17)13-24-22-11-20(27)16-5-1-2-6-18(16)25-22/h1-2,5-6,8-11,15,26,28H,3-4,7,12-13H2,(H2,24,25,27)/t15-/m1/s1. The van der Waals surface area contributed by atoms with Crippen LogP contribution in [0.3, 0.4) is 0 Å². The van der Waals surface area contributed by atoms with E-state index in [0.29, 0.717) is 24.4 Å². The summed E-state index contributed by atoms with van der Waals surface area (Å²) in [6.07, 6.45) is 3.12. The molecule has 2 aromatic carbocycles. The molecule has 0 unspecified atom stereocenters. The molecule has 28 heavy (non-hydrogen) atoms. The zero-order valence-electron chi connectivity index (χ0n) is 15.5. The van der Waals surface area contributed by atoms with E-state index in [1.165, 1.54) is 6.07 Å². The van der Waals surface area contributed by atoms with Crippen LogP contribution in [0.1, 0.15) is 24.8 Å². The Hall–Kier alpha value is -3.28. The fourth-order valence-corrected chi connectivity index (χ4v) is 3.71. The van der Waals surface area contributed by atoms with E-state index in [-0.39, 0.29) is 16.9 Å². The van der Waals surface area contributed by atoms with Gasteiger partial charge < -0.3 is 20.5 Å². The molecule has 1 atom stereocenters. The quantitative estimate of drug-likeness (QED) is 0.509. The average Bonchev–Trinajstić information content (AvgIpc) is 3.15. The number of benzene rings is 2. The number of hydrogen-bond acceptors (Lipinski definition) is 5. The lowest BCUT2D eigenvalue weighted by Gasteiger charge is -2.14. The molecule has 4 rings (SSSR count). The van der Waals surface area contributed by atoms with E-state index in [1.807, 2.05) is 24.3 Å². The fourth-order valence-electron chi connectivity index (χ4n) is 3.71. The van der Waals surface area contributed by atoms with Gasteiger partial charge in [0.15, 0.2) is 16.9 Å². The summed E-state index contributed by atoms with van der Waals surface area (Å²) < 4.78 is 0. The molecule has 1 saturated carbocycles. The summed E-state index contributed by atoms with van der Waals surface area (Å²) in [4.78, 5) is 20.3. The van der Waals surface area contributed by atoms with Crippen molar-refractivity contribution in [1.29, 1.82) is 0 Å². The highest BCUT2D eigenvalue weighted by molar-refractivity contribution is 5.89. The second-order valence-corrected chi connectivity index (χ2v) is 7.19. The molecule has 144 valence electrons. The molecule has 0 spiro atoms. The van der Waals surface area contributed by atoms with Gasteiger partial charge in [-0.2, -0.15) is 0 Å². The Morgan fingerprint density at radius 1 is 1.11 bits per heavy atom. The number of nitrogens with zero attached hydrogens (tertiary/aromatic N) is 1. The van der Waals surface area contributed by atoms with E-state index in [2.05, 4.69) is 10.3 Å². The summed E-state index contributed by atoms with van der Waals surface area (Å²) >= 11 is 0. The van der Waals surface area contributed by atoms with Crippen molar-refractivity contribution in [1.82, 2.24) is 4.98 Å². The Labute approximate surface area is 162 Å². The van der Waals surface area contributed by atoms with Crippen LogP contribution in [-0.4, -0.2) is 27.5 Å². The first-order valence-electron chi connectivity index (χ1n) is 9.50. The van der Waals surface area contributed by atoms with Crippen LogP contribution < -0.4 is 10.7 Å². The lowest BCUT2D eigenvalue weighted by Crippen LogP contribution is -2.20. The summed E-state index contributed by atoms with van der Waals surface area (Å²) in [5.74, 6) is 0.797. The number of fused-ring (bicyclic) bond motifs is 1. The van der Waals surface area contributed by atoms with E-state index in [9.17, 15) is 15.0 Å². The van der Waals surface area contributed by atoms with E-state index >= 15 is 0 Å². The van der Waals surface area contributed by atoms with Gasteiger partial charge in [-0.1, -0.05) is 18.2 Å². The molecule has 0 amide bonds. The summed E-state index contributed by atoms with van der Waals surface area (Å²) in [5.41, 5.74) is 2.85. The van der Waals surface area contributed by atoms with Crippen LogP contribution in [0.25, 0.3) is 10.9 Å².